The van der Waals surface area contributed by atoms with Gasteiger partial charge in [0.25, 0.3) is 0 Å². The number of hydrogen-bond donors (Lipinski definition) is 0. The van der Waals surface area contributed by atoms with Gasteiger partial charge in [-0.2, -0.15) is 0 Å². The van der Waals surface area contributed by atoms with Gasteiger partial charge in [-0.25, -0.2) is 8.42 Å². The van der Waals surface area contributed by atoms with Crippen LogP contribution in [0, 0.1) is 13.8 Å². The average Bonchev–Trinajstić information content (AvgIpc) is 2.70. The standard InChI is InChI=1S/C23H33O7PS/c1-8-28-31(24,29-9-2)15-32(25,26)20-12-17(5)23(18(6)13-20)30-19-10-11-22(27-7)21(14-19)16(3)4/h10-14,16H,8-9,15H2,1-7H3. The number of rotatable bonds is 11. The number of aryl methyl sites for hydroxylation is 2. The molecule has 0 fully saturated rings. The Hall–Kier alpha value is -1.86. The van der Waals surface area contributed by atoms with Crippen LogP contribution in [0.2, 0.25) is 0 Å². The molecule has 0 saturated heterocycles. The number of methoxy groups -OCH3 is 1. The Balaban J connectivity index is 2.38. The highest BCUT2D eigenvalue weighted by Gasteiger charge is 2.33. The van der Waals surface area contributed by atoms with E-state index in [1.165, 1.54) is 12.1 Å². The summed E-state index contributed by atoms with van der Waals surface area (Å²) in [6.07, 6.45) is 0. The lowest BCUT2D eigenvalue weighted by Gasteiger charge is -2.19. The van der Waals surface area contributed by atoms with Crippen molar-refractivity contribution >= 4 is 17.4 Å². The molecule has 7 nitrogen and oxygen atoms in total. The number of benzene rings is 2. The van der Waals surface area contributed by atoms with Gasteiger partial charge < -0.3 is 18.5 Å². The van der Waals surface area contributed by atoms with Gasteiger partial charge in [0.05, 0.1) is 25.2 Å². The van der Waals surface area contributed by atoms with E-state index in [0.717, 1.165) is 11.3 Å². The molecule has 9 heteroatoms. The Morgan fingerprint density at radius 3 is 2.00 bits per heavy atom. The average molecular weight is 485 g/mol. The van der Waals surface area contributed by atoms with E-state index in [0.29, 0.717) is 22.6 Å². The lowest BCUT2D eigenvalue weighted by Crippen LogP contribution is -2.12. The molecule has 0 heterocycles. The molecule has 0 saturated carbocycles. The molecule has 32 heavy (non-hydrogen) atoms. The van der Waals surface area contributed by atoms with Crippen LogP contribution in [0.5, 0.6) is 17.2 Å². The summed E-state index contributed by atoms with van der Waals surface area (Å²) in [6, 6.07) is 8.63. The van der Waals surface area contributed by atoms with Crippen LogP contribution in [-0.2, 0) is 23.4 Å². The first-order valence-corrected chi connectivity index (χ1v) is 13.9. The largest absolute Gasteiger partial charge is 0.496 e. The molecule has 0 N–H and O–H groups in total. The fourth-order valence-corrected chi connectivity index (χ4v) is 7.82. The second-order valence-corrected chi connectivity index (χ2v) is 12.2. The third-order valence-corrected chi connectivity index (χ3v) is 9.70. The van der Waals surface area contributed by atoms with Gasteiger partial charge >= 0.3 is 7.60 Å². The molecule has 0 spiro atoms. The third kappa shape index (κ3) is 6.35. The van der Waals surface area contributed by atoms with Crippen LogP contribution in [0.3, 0.4) is 0 Å². The molecule has 0 bridgehead atoms. The fraction of sp³-hybridized carbons (Fsp3) is 0.478. The minimum Gasteiger partial charge on any atom is -0.496 e. The summed E-state index contributed by atoms with van der Waals surface area (Å²) in [5.41, 5.74) is 1.60. The first-order chi connectivity index (χ1) is 15.0. The van der Waals surface area contributed by atoms with E-state index in [1.54, 1.807) is 34.8 Å². The molecule has 0 atom stereocenters. The summed E-state index contributed by atoms with van der Waals surface area (Å²) in [5, 5.41) is 0. The summed E-state index contributed by atoms with van der Waals surface area (Å²) in [6.45, 7) is 11.2. The van der Waals surface area contributed by atoms with Crippen LogP contribution < -0.4 is 9.47 Å². The first kappa shape index (κ1) is 26.4. The maximum absolute atomic E-state index is 13.0. The molecule has 2 aromatic rings. The molecule has 2 rings (SSSR count). The van der Waals surface area contributed by atoms with Gasteiger partial charge in [0.2, 0.25) is 0 Å². The van der Waals surface area contributed by atoms with Crippen molar-refractivity contribution < 1.29 is 31.5 Å². The monoisotopic (exact) mass is 484 g/mol. The SMILES string of the molecule is CCOP(=O)(CS(=O)(=O)c1cc(C)c(Oc2ccc(OC)c(C(C)C)c2)c(C)c1)OCC. The Kier molecular flexibility index (Phi) is 8.94. The molecular formula is C23H33O7PS. The predicted octanol–water partition coefficient (Wildman–Crippen LogP) is 6.23. The van der Waals surface area contributed by atoms with Crippen molar-refractivity contribution in [2.24, 2.45) is 0 Å². The lowest BCUT2D eigenvalue weighted by molar-refractivity contribution is 0.224. The second-order valence-electron chi connectivity index (χ2n) is 7.74. The van der Waals surface area contributed by atoms with Gasteiger partial charge in [-0.15, -0.1) is 0 Å². The normalized spacial score (nSPS) is 12.2. The van der Waals surface area contributed by atoms with Crippen molar-refractivity contribution in [1.82, 2.24) is 0 Å². The molecule has 0 aliphatic carbocycles. The molecule has 2 aromatic carbocycles. The van der Waals surface area contributed by atoms with Crippen LogP contribution >= 0.6 is 7.60 Å². The zero-order valence-corrected chi connectivity index (χ0v) is 21.5. The summed E-state index contributed by atoms with van der Waals surface area (Å²) < 4.78 is 60.6. The highest BCUT2D eigenvalue weighted by molar-refractivity contribution is 7.97. The van der Waals surface area contributed by atoms with Crippen molar-refractivity contribution in [3.8, 4) is 17.2 Å². The molecule has 0 aliphatic rings. The number of sulfone groups is 1. The van der Waals surface area contributed by atoms with E-state index >= 15 is 0 Å². The summed E-state index contributed by atoms with van der Waals surface area (Å²) >= 11 is 0. The zero-order valence-electron chi connectivity index (χ0n) is 19.8. The molecule has 0 aromatic heterocycles. The highest BCUT2D eigenvalue weighted by Crippen LogP contribution is 2.50. The number of ether oxygens (including phenoxy) is 2. The van der Waals surface area contributed by atoms with E-state index in [1.807, 2.05) is 18.2 Å². The Bertz CT molecular complexity index is 1060. The Morgan fingerprint density at radius 1 is 0.969 bits per heavy atom. The minimum absolute atomic E-state index is 0.0529. The van der Waals surface area contributed by atoms with Crippen LogP contribution in [-0.4, -0.2) is 34.2 Å². The smallest absolute Gasteiger partial charge is 0.346 e. The molecule has 0 amide bonds. The number of hydrogen-bond acceptors (Lipinski definition) is 7. The predicted molar refractivity (Wildman–Crippen MR) is 126 cm³/mol. The topological polar surface area (TPSA) is 88.1 Å². The van der Waals surface area contributed by atoms with Crippen molar-refractivity contribution in [2.75, 3.05) is 25.8 Å². The molecule has 0 unspecified atom stereocenters. The maximum Gasteiger partial charge on any atom is 0.346 e. The van der Waals surface area contributed by atoms with Crippen molar-refractivity contribution in [3.05, 3.63) is 47.0 Å². The van der Waals surface area contributed by atoms with Crippen LogP contribution in [0.15, 0.2) is 35.2 Å². The quantitative estimate of drug-likeness (QED) is 0.350. The Morgan fingerprint density at radius 2 is 1.53 bits per heavy atom. The highest BCUT2D eigenvalue weighted by atomic mass is 32.2. The van der Waals surface area contributed by atoms with Gasteiger partial charge in [0.15, 0.2) is 15.3 Å². The van der Waals surface area contributed by atoms with E-state index in [-0.39, 0.29) is 24.0 Å². The first-order valence-electron chi connectivity index (χ1n) is 10.5. The lowest BCUT2D eigenvalue weighted by atomic mass is 10.0. The minimum atomic E-state index is -3.91. The summed E-state index contributed by atoms with van der Waals surface area (Å²) in [5.74, 6) is 2.24. The summed E-state index contributed by atoms with van der Waals surface area (Å²) in [4.78, 5) is 0.0529. The maximum atomic E-state index is 13.0. The summed E-state index contributed by atoms with van der Waals surface area (Å²) in [7, 11) is -6.04. The van der Waals surface area contributed by atoms with E-state index in [9.17, 15) is 13.0 Å². The van der Waals surface area contributed by atoms with Crippen molar-refractivity contribution in [2.45, 2.75) is 52.4 Å². The van der Waals surface area contributed by atoms with Crippen LogP contribution in [0.25, 0.3) is 0 Å². The molecule has 178 valence electrons. The van der Waals surface area contributed by atoms with Crippen molar-refractivity contribution in [1.29, 1.82) is 0 Å². The van der Waals surface area contributed by atoms with E-state index in [2.05, 4.69) is 13.8 Å². The van der Waals surface area contributed by atoms with Crippen LogP contribution in [0.4, 0.5) is 0 Å². The van der Waals surface area contributed by atoms with Crippen molar-refractivity contribution in [3.63, 3.8) is 0 Å². The van der Waals surface area contributed by atoms with Gasteiger partial charge in [-0.1, -0.05) is 13.8 Å². The second kappa shape index (κ2) is 10.8. The fourth-order valence-electron chi connectivity index (χ4n) is 3.38. The van der Waals surface area contributed by atoms with Crippen LogP contribution in [0.1, 0.15) is 50.3 Å². The molecular weight excluding hydrogens is 451 g/mol. The van der Waals surface area contributed by atoms with E-state index < -0.39 is 22.9 Å². The van der Waals surface area contributed by atoms with Gasteiger partial charge in [0, 0.05) is 5.56 Å². The van der Waals surface area contributed by atoms with Gasteiger partial charge in [-0.05, 0) is 75.1 Å². The van der Waals surface area contributed by atoms with Gasteiger partial charge in [-0.3, -0.25) is 4.57 Å². The van der Waals surface area contributed by atoms with E-state index in [4.69, 9.17) is 18.5 Å². The molecule has 0 radical (unpaired) electrons. The molecule has 0 aliphatic heterocycles. The zero-order chi connectivity index (χ0) is 24.1. The third-order valence-electron chi connectivity index (χ3n) is 4.82. The van der Waals surface area contributed by atoms with Gasteiger partial charge in [0.1, 0.15) is 17.2 Å². The Labute approximate surface area is 191 Å².